The molecule has 1 aliphatic heterocycles. The summed E-state index contributed by atoms with van der Waals surface area (Å²) in [5, 5.41) is 3.41. The Hall–Kier alpha value is -3.43. The molecule has 1 aliphatic rings. The molecule has 3 heterocycles. The molecular formula is C25H24ClN5O. The summed E-state index contributed by atoms with van der Waals surface area (Å²) in [6.45, 7) is 3.60. The summed E-state index contributed by atoms with van der Waals surface area (Å²) in [7, 11) is 1.82. The largest absolute Gasteiger partial charge is 0.373 e. The van der Waals surface area contributed by atoms with Gasteiger partial charge in [-0.3, -0.25) is 4.79 Å². The van der Waals surface area contributed by atoms with E-state index in [-0.39, 0.29) is 5.91 Å². The van der Waals surface area contributed by atoms with Crippen molar-refractivity contribution in [1.82, 2.24) is 19.9 Å². The van der Waals surface area contributed by atoms with E-state index in [1.807, 2.05) is 37.1 Å². The van der Waals surface area contributed by atoms with Gasteiger partial charge in [-0.25, -0.2) is 15.0 Å². The van der Waals surface area contributed by atoms with Gasteiger partial charge >= 0.3 is 0 Å². The number of anilines is 1. The first-order valence-corrected chi connectivity index (χ1v) is 11.1. The van der Waals surface area contributed by atoms with E-state index in [2.05, 4.69) is 32.1 Å². The van der Waals surface area contributed by atoms with Crippen LogP contribution in [-0.2, 0) is 6.42 Å². The lowest BCUT2D eigenvalue weighted by Crippen LogP contribution is -2.27. The molecule has 1 saturated heterocycles. The van der Waals surface area contributed by atoms with Gasteiger partial charge in [-0.05, 0) is 43.5 Å². The molecule has 1 amide bonds. The Morgan fingerprint density at radius 3 is 2.59 bits per heavy atom. The van der Waals surface area contributed by atoms with Gasteiger partial charge in [-0.2, -0.15) is 0 Å². The SMILES string of the molecule is CCc1ncnc(-c2ccc(C(=O)N3CCCC3)c(Cl)c2)c1C#Cc1ccc(NC)nc1. The molecule has 0 unspecified atom stereocenters. The Kier molecular flexibility index (Phi) is 6.67. The number of halogens is 1. The third-order valence-corrected chi connectivity index (χ3v) is 5.79. The molecule has 6 nitrogen and oxygen atoms in total. The number of hydrogen-bond donors (Lipinski definition) is 1. The first-order chi connectivity index (χ1) is 15.6. The van der Waals surface area contributed by atoms with Gasteiger partial charge in [0, 0.05) is 37.5 Å². The van der Waals surface area contributed by atoms with Crippen LogP contribution in [0.5, 0.6) is 0 Å². The van der Waals surface area contributed by atoms with Crippen molar-refractivity contribution in [2.24, 2.45) is 0 Å². The fourth-order valence-corrected chi connectivity index (χ4v) is 3.98. The van der Waals surface area contributed by atoms with E-state index < -0.39 is 0 Å². The lowest BCUT2D eigenvalue weighted by molar-refractivity contribution is 0.0793. The Balaban J connectivity index is 1.70. The van der Waals surface area contributed by atoms with E-state index in [4.69, 9.17) is 11.6 Å². The minimum Gasteiger partial charge on any atom is -0.373 e. The van der Waals surface area contributed by atoms with E-state index in [0.717, 1.165) is 60.6 Å². The summed E-state index contributed by atoms with van der Waals surface area (Å²) >= 11 is 6.54. The van der Waals surface area contributed by atoms with Crippen LogP contribution in [0.4, 0.5) is 5.82 Å². The summed E-state index contributed by atoms with van der Waals surface area (Å²) in [6, 6.07) is 9.25. The zero-order valence-corrected chi connectivity index (χ0v) is 18.9. The molecule has 1 aromatic carbocycles. The molecular weight excluding hydrogens is 422 g/mol. The number of amides is 1. The van der Waals surface area contributed by atoms with Crippen LogP contribution >= 0.6 is 11.6 Å². The van der Waals surface area contributed by atoms with Crippen LogP contribution in [0.25, 0.3) is 11.3 Å². The Labute approximate surface area is 193 Å². The Morgan fingerprint density at radius 2 is 1.94 bits per heavy atom. The molecule has 0 radical (unpaired) electrons. The third kappa shape index (κ3) is 4.58. The minimum atomic E-state index is -0.0199. The molecule has 4 rings (SSSR count). The molecule has 32 heavy (non-hydrogen) atoms. The topological polar surface area (TPSA) is 71.0 Å². The number of hydrogen-bond acceptors (Lipinski definition) is 5. The quantitative estimate of drug-likeness (QED) is 0.601. The normalized spacial score (nSPS) is 12.9. The van der Waals surface area contributed by atoms with Crippen LogP contribution in [0.15, 0.2) is 42.9 Å². The zero-order valence-electron chi connectivity index (χ0n) is 18.2. The molecule has 3 aromatic rings. The van der Waals surface area contributed by atoms with Crippen molar-refractivity contribution < 1.29 is 4.79 Å². The highest BCUT2D eigenvalue weighted by Crippen LogP contribution is 2.29. The monoisotopic (exact) mass is 445 g/mol. The number of aromatic nitrogens is 3. The average Bonchev–Trinajstić information content (AvgIpc) is 3.37. The third-order valence-electron chi connectivity index (χ3n) is 5.48. The van der Waals surface area contributed by atoms with Crippen molar-refractivity contribution in [2.75, 3.05) is 25.5 Å². The summed E-state index contributed by atoms with van der Waals surface area (Å²) < 4.78 is 0. The predicted molar refractivity (Wildman–Crippen MR) is 127 cm³/mol. The van der Waals surface area contributed by atoms with Gasteiger partial charge in [0.05, 0.1) is 27.5 Å². The molecule has 162 valence electrons. The number of carbonyl (C=O) groups is 1. The van der Waals surface area contributed by atoms with Crippen molar-refractivity contribution in [2.45, 2.75) is 26.2 Å². The van der Waals surface area contributed by atoms with Crippen LogP contribution < -0.4 is 5.32 Å². The molecule has 0 bridgehead atoms. The Bertz CT molecular complexity index is 1190. The van der Waals surface area contributed by atoms with E-state index in [1.165, 1.54) is 0 Å². The van der Waals surface area contributed by atoms with Gasteiger partial charge < -0.3 is 10.2 Å². The highest BCUT2D eigenvalue weighted by Gasteiger charge is 2.22. The van der Waals surface area contributed by atoms with Crippen molar-refractivity contribution in [3.05, 3.63) is 70.3 Å². The summed E-state index contributed by atoms with van der Waals surface area (Å²) in [6.07, 6.45) is 6.06. The maximum atomic E-state index is 12.8. The van der Waals surface area contributed by atoms with E-state index >= 15 is 0 Å². The lowest BCUT2D eigenvalue weighted by atomic mass is 10.0. The van der Waals surface area contributed by atoms with Gasteiger partial charge in [-0.15, -0.1) is 0 Å². The number of nitrogens with one attached hydrogen (secondary N) is 1. The molecule has 0 saturated carbocycles. The molecule has 1 N–H and O–H groups in total. The minimum absolute atomic E-state index is 0.0199. The van der Waals surface area contributed by atoms with Crippen molar-refractivity contribution >= 4 is 23.3 Å². The van der Waals surface area contributed by atoms with Gasteiger partial charge in [0.15, 0.2) is 0 Å². The number of benzene rings is 1. The smallest absolute Gasteiger partial charge is 0.255 e. The van der Waals surface area contributed by atoms with Crippen molar-refractivity contribution in [3.8, 4) is 23.1 Å². The number of pyridine rings is 1. The molecule has 7 heteroatoms. The number of carbonyl (C=O) groups excluding carboxylic acids is 1. The summed E-state index contributed by atoms with van der Waals surface area (Å²) in [5.41, 5.74) is 4.43. The van der Waals surface area contributed by atoms with Crippen LogP contribution in [0, 0.1) is 11.8 Å². The van der Waals surface area contributed by atoms with Crippen LogP contribution in [0.2, 0.25) is 5.02 Å². The highest BCUT2D eigenvalue weighted by atomic mass is 35.5. The van der Waals surface area contributed by atoms with Crippen LogP contribution in [0.3, 0.4) is 0 Å². The number of aryl methyl sites for hydroxylation is 1. The summed E-state index contributed by atoms with van der Waals surface area (Å²) in [4.78, 5) is 27.8. The van der Waals surface area contributed by atoms with Gasteiger partial charge in [-0.1, -0.05) is 36.4 Å². The zero-order chi connectivity index (χ0) is 22.5. The first-order valence-electron chi connectivity index (χ1n) is 10.7. The summed E-state index contributed by atoms with van der Waals surface area (Å²) in [5.74, 6) is 7.16. The first kappa shape index (κ1) is 21.8. The van der Waals surface area contributed by atoms with E-state index in [1.54, 1.807) is 24.7 Å². The average molecular weight is 446 g/mol. The second-order valence-electron chi connectivity index (χ2n) is 7.52. The number of rotatable bonds is 4. The molecule has 0 spiro atoms. The fourth-order valence-electron chi connectivity index (χ4n) is 3.72. The van der Waals surface area contributed by atoms with Crippen LogP contribution in [0.1, 0.15) is 46.9 Å². The molecule has 0 atom stereocenters. The van der Waals surface area contributed by atoms with E-state index in [0.29, 0.717) is 16.3 Å². The maximum absolute atomic E-state index is 12.8. The predicted octanol–water partition coefficient (Wildman–Crippen LogP) is 4.43. The molecule has 0 aliphatic carbocycles. The van der Waals surface area contributed by atoms with Crippen molar-refractivity contribution in [3.63, 3.8) is 0 Å². The second kappa shape index (κ2) is 9.80. The van der Waals surface area contributed by atoms with Crippen LogP contribution in [-0.4, -0.2) is 45.9 Å². The standard InChI is InChI=1S/C25H24ClN5O/c1-3-22-20(9-6-17-7-11-23(27-2)28-15-17)24(30-16-29-22)18-8-10-19(21(26)14-18)25(32)31-12-4-5-13-31/h7-8,10-11,14-16H,3-5,12-13H2,1-2H3,(H,27,28). The maximum Gasteiger partial charge on any atom is 0.255 e. The number of likely N-dealkylation sites (tertiary alicyclic amines) is 1. The van der Waals surface area contributed by atoms with Gasteiger partial charge in [0.1, 0.15) is 12.1 Å². The van der Waals surface area contributed by atoms with E-state index in [9.17, 15) is 4.79 Å². The molecule has 1 fully saturated rings. The Morgan fingerprint density at radius 1 is 1.12 bits per heavy atom. The van der Waals surface area contributed by atoms with Gasteiger partial charge in [0.2, 0.25) is 0 Å². The van der Waals surface area contributed by atoms with Gasteiger partial charge in [0.25, 0.3) is 5.91 Å². The second-order valence-corrected chi connectivity index (χ2v) is 7.93. The van der Waals surface area contributed by atoms with Crippen molar-refractivity contribution in [1.29, 1.82) is 0 Å². The lowest BCUT2D eigenvalue weighted by Gasteiger charge is -2.16. The number of nitrogens with zero attached hydrogens (tertiary/aromatic N) is 4. The molecule has 2 aromatic heterocycles. The fraction of sp³-hybridized carbons (Fsp3) is 0.280. The highest BCUT2D eigenvalue weighted by molar-refractivity contribution is 6.34.